The van der Waals surface area contributed by atoms with Gasteiger partial charge in [-0.15, -0.1) is 0 Å². The van der Waals surface area contributed by atoms with Crippen LogP contribution in [0.2, 0.25) is 0 Å². The van der Waals surface area contributed by atoms with Gasteiger partial charge >= 0.3 is 0 Å². The molecule has 0 saturated heterocycles. The van der Waals surface area contributed by atoms with Crippen LogP contribution in [0, 0.1) is 0 Å². The van der Waals surface area contributed by atoms with E-state index < -0.39 is 0 Å². The zero-order valence-electron chi connectivity index (χ0n) is 10.3. The van der Waals surface area contributed by atoms with Crippen molar-refractivity contribution in [3.63, 3.8) is 0 Å². The zero-order chi connectivity index (χ0) is 13.0. The van der Waals surface area contributed by atoms with Crippen molar-refractivity contribution in [1.29, 1.82) is 0 Å². The van der Waals surface area contributed by atoms with E-state index in [0.29, 0.717) is 13.2 Å². The lowest BCUT2D eigenvalue weighted by atomic mass is 10.1. The molecule has 0 unspecified atom stereocenters. The lowest BCUT2D eigenvalue weighted by Gasteiger charge is -2.07. The van der Waals surface area contributed by atoms with E-state index in [0.717, 1.165) is 27.9 Å². The molecule has 0 atom stereocenters. The van der Waals surface area contributed by atoms with Crippen molar-refractivity contribution in [2.24, 2.45) is 5.73 Å². The van der Waals surface area contributed by atoms with Crippen molar-refractivity contribution in [1.82, 2.24) is 9.78 Å². The third kappa shape index (κ3) is 3.11. The molecule has 0 amide bonds. The summed E-state index contributed by atoms with van der Waals surface area (Å²) in [7, 11) is 0. The van der Waals surface area contributed by atoms with E-state index in [4.69, 9.17) is 10.5 Å². The minimum atomic E-state index is 0.515. The second-order valence-corrected chi connectivity index (χ2v) is 4.80. The Kier molecular flexibility index (Phi) is 4.38. The second kappa shape index (κ2) is 6.02. The van der Waals surface area contributed by atoms with Gasteiger partial charge in [-0.05, 0) is 18.6 Å². The van der Waals surface area contributed by atoms with Gasteiger partial charge in [-0.1, -0.05) is 28.1 Å². The minimum absolute atomic E-state index is 0.515. The first kappa shape index (κ1) is 13.1. The molecule has 0 bridgehead atoms. The van der Waals surface area contributed by atoms with Crippen molar-refractivity contribution in [3.8, 4) is 5.75 Å². The van der Waals surface area contributed by atoms with E-state index >= 15 is 0 Å². The number of nitrogens with zero attached hydrogens (tertiary/aromatic N) is 2. The summed E-state index contributed by atoms with van der Waals surface area (Å²) in [5.41, 5.74) is 7.78. The Balaban J connectivity index is 2.01. The van der Waals surface area contributed by atoms with Crippen molar-refractivity contribution < 1.29 is 4.74 Å². The fraction of sp³-hybridized carbons (Fsp3) is 0.308. The molecular formula is C13H16BrN3O. The number of rotatable bonds is 5. The molecule has 1 aromatic carbocycles. The highest BCUT2D eigenvalue weighted by atomic mass is 79.9. The Morgan fingerprint density at radius 3 is 2.89 bits per heavy atom. The van der Waals surface area contributed by atoms with Crippen molar-refractivity contribution in [2.75, 3.05) is 0 Å². The molecule has 18 heavy (non-hydrogen) atoms. The van der Waals surface area contributed by atoms with Gasteiger partial charge < -0.3 is 10.5 Å². The molecule has 0 saturated carbocycles. The van der Waals surface area contributed by atoms with Gasteiger partial charge in [0, 0.05) is 23.1 Å². The van der Waals surface area contributed by atoms with Crippen LogP contribution in [0.5, 0.6) is 5.75 Å². The molecule has 1 aromatic heterocycles. The molecule has 0 aliphatic heterocycles. The highest BCUT2D eigenvalue weighted by Gasteiger charge is 2.03. The lowest BCUT2D eigenvalue weighted by molar-refractivity contribution is 0.305. The number of halogens is 1. The summed E-state index contributed by atoms with van der Waals surface area (Å²) in [4.78, 5) is 0. The highest BCUT2D eigenvalue weighted by Crippen LogP contribution is 2.20. The topological polar surface area (TPSA) is 53.1 Å². The molecule has 0 aliphatic rings. The molecule has 0 radical (unpaired) electrons. The monoisotopic (exact) mass is 309 g/mol. The van der Waals surface area contributed by atoms with E-state index in [1.165, 1.54) is 0 Å². The summed E-state index contributed by atoms with van der Waals surface area (Å²) >= 11 is 3.52. The largest absolute Gasteiger partial charge is 0.486 e. The molecule has 96 valence electrons. The fourth-order valence-corrected chi connectivity index (χ4v) is 2.13. The Hall–Kier alpha value is -1.33. The number of nitrogens with two attached hydrogens (primary N) is 1. The van der Waals surface area contributed by atoms with Crippen LogP contribution >= 0.6 is 15.9 Å². The van der Waals surface area contributed by atoms with Crippen LogP contribution in [0.4, 0.5) is 0 Å². The van der Waals surface area contributed by atoms with Crippen molar-refractivity contribution in [2.45, 2.75) is 26.6 Å². The maximum Gasteiger partial charge on any atom is 0.157 e. The van der Waals surface area contributed by atoms with E-state index in [9.17, 15) is 0 Å². The normalized spacial score (nSPS) is 10.6. The lowest BCUT2D eigenvalue weighted by Crippen LogP contribution is -2.00. The second-order valence-electron chi connectivity index (χ2n) is 3.95. The first-order chi connectivity index (χ1) is 8.72. The van der Waals surface area contributed by atoms with Crippen LogP contribution in [0.25, 0.3) is 0 Å². The average molecular weight is 310 g/mol. The molecule has 2 aromatic rings. The average Bonchev–Trinajstić information content (AvgIpc) is 2.85. The zero-order valence-corrected chi connectivity index (χ0v) is 11.9. The maximum absolute atomic E-state index is 5.68. The van der Waals surface area contributed by atoms with Gasteiger partial charge in [0.15, 0.2) is 5.75 Å². The third-order valence-corrected chi connectivity index (χ3v) is 3.42. The molecule has 0 fully saturated rings. The first-order valence-corrected chi connectivity index (χ1v) is 6.65. The fourth-order valence-electron chi connectivity index (χ4n) is 1.59. The standard InChI is InChI=1S/C13H16BrN3O/c1-2-17-8-12(7-16-17)18-9-11-4-3-10(6-15)5-13(11)14/h3-5,7-8H,2,6,9,15H2,1H3. The molecular weight excluding hydrogens is 294 g/mol. The van der Waals surface area contributed by atoms with Crippen LogP contribution in [-0.4, -0.2) is 9.78 Å². The molecule has 4 nitrogen and oxygen atoms in total. The molecule has 0 aliphatic carbocycles. The first-order valence-electron chi connectivity index (χ1n) is 5.85. The molecule has 5 heteroatoms. The SMILES string of the molecule is CCn1cc(OCc2ccc(CN)cc2Br)cn1. The van der Waals surface area contributed by atoms with E-state index in [-0.39, 0.29) is 0 Å². The van der Waals surface area contributed by atoms with Gasteiger partial charge in [0.05, 0.1) is 12.4 Å². The van der Waals surface area contributed by atoms with Gasteiger partial charge in [0.1, 0.15) is 6.61 Å². The minimum Gasteiger partial charge on any atom is -0.486 e. The summed E-state index contributed by atoms with van der Waals surface area (Å²) < 4.78 is 8.54. The van der Waals surface area contributed by atoms with Gasteiger partial charge in [-0.25, -0.2) is 0 Å². The van der Waals surface area contributed by atoms with Gasteiger partial charge in [0.2, 0.25) is 0 Å². The van der Waals surface area contributed by atoms with E-state index in [2.05, 4.69) is 21.0 Å². The summed E-state index contributed by atoms with van der Waals surface area (Å²) in [5, 5.41) is 4.16. The number of aryl methyl sites for hydroxylation is 1. The van der Waals surface area contributed by atoms with Crippen LogP contribution in [-0.2, 0) is 19.7 Å². The van der Waals surface area contributed by atoms with Crippen LogP contribution < -0.4 is 10.5 Å². The number of hydrogen-bond acceptors (Lipinski definition) is 3. The predicted octanol–water partition coefficient (Wildman–Crippen LogP) is 2.70. The number of hydrogen-bond donors (Lipinski definition) is 1. The smallest absolute Gasteiger partial charge is 0.157 e. The Morgan fingerprint density at radius 2 is 2.28 bits per heavy atom. The maximum atomic E-state index is 5.68. The van der Waals surface area contributed by atoms with Crippen LogP contribution in [0.3, 0.4) is 0 Å². The van der Waals surface area contributed by atoms with Gasteiger partial charge in [0.25, 0.3) is 0 Å². The Bertz CT molecular complexity index is 525. The van der Waals surface area contributed by atoms with Gasteiger partial charge in [-0.2, -0.15) is 5.10 Å². The molecule has 0 spiro atoms. The molecule has 2 rings (SSSR count). The predicted molar refractivity (Wildman–Crippen MR) is 74.3 cm³/mol. The summed E-state index contributed by atoms with van der Waals surface area (Å²) in [6.45, 7) is 3.95. The highest BCUT2D eigenvalue weighted by molar-refractivity contribution is 9.10. The number of benzene rings is 1. The van der Waals surface area contributed by atoms with Crippen LogP contribution in [0.15, 0.2) is 35.1 Å². The van der Waals surface area contributed by atoms with Crippen molar-refractivity contribution >= 4 is 15.9 Å². The van der Waals surface area contributed by atoms with E-state index in [1.54, 1.807) is 6.20 Å². The van der Waals surface area contributed by atoms with Gasteiger partial charge in [-0.3, -0.25) is 4.68 Å². The summed E-state index contributed by atoms with van der Waals surface area (Å²) in [6.07, 6.45) is 3.62. The van der Waals surface area contributed by atoms with Crippen LogP contribution in [0.1, 0.15) is 18.1 Å². The Labute approximate surface area is 115 Å². The summed E-state index contributed by atoms with van der Waals surface area (Å²) in [6, 6.07) is 6.06. The Morgan fingerprint density at radius 1 is 1.44 bits per heavy atom. The molecule has 2 N–H and O–H groups in total. The van der Waals surface area contributed by atoms with E-state index in [1.807, 2.05) is 36.0 Å². The number of ether oxygens (including phenoxy) is 1. The quantitative estimate of drug-likeness (QED) is 0.924. The molecule has 1 heterocycles. The number of aromatic nitrogens is 2. The van der Waals surface area contributed by atoms with Crippen molar-refractivity contribution in [3.05, 3.63) is 46.2 Å². The summed E-state index contributed by atoms with van der Waals surface area (Å²) in [5.74, 6) is 0.784. The third-order valence-electron chi connectivity index (χ3n) is 2.68.